The van der Waals surface area contributed by atoms with Gasteiger partial charge < -0.3 is 0 Å². The second-order valence-electron chi connectivity index (χ2n) is 4.21. The Morgan fingerprint density at radius 1 is 1.29 bits per heavy atom. The molecule has 1 atom stereocenters. The van der Waals surface area contributed by atoms with Gasteiger partial charge in [0.15, 0.2) is 0 Å². The minimum absolute atomic E-state index is 0.0149. The number of amides is 1. The molecule has 21 heavy (non-hydrogen) atoms. The minimum Gasteiger partial charge on any atom is -0.295 e. The number of hydrogen-bond donors (Lipinski definition) is 2. The van der Waals surface area contributed by atoms with E-state index in [-0.39, 0.29) is 5.95 Å². The Morgan fingerprint density at radius 2 is 2.00 bits per heavy atom. The summed E-state index contributed by atoms with van der Waals surface area (Å²) in [4.78, 5) is 29.7. The lowest BCUT2D eigenvalue weighted by atomic mass is 10.1. The zero-order valence-corrected chi connectivity index (χ0v) is 13.1. The average molecular weight is 347 g/mol. The van der Waals surface area contributed by atoms with Gasteiger partial charge in [0.25, 0.3) is 5.56 Å². The van der Waals surface area contributed by atoms with Crippen molar-refractivity contribution < 1.29 is 4.79 Å². The molecule has 1 aromatic heterocycles. The van der Waals surface area contributed by atoms with Crippen LogP contribution in [0.25, 0.3) is 11.3 Å². The highest BCUT2D eigenvalue weighted by Gasteiger charge is 2.12. The number of nitrogens with one attached hydrogen (secondary N) is 2. The normalized spacial score (nSPS) is 12.0. The summed E-state index contributed by atoms with van der Waals surface area (Å²) in [6.45, 7) is 1.51. The van der Waals surface area contributed by atoms with Crippen LogP contribution >= 0.6 is 34.8 Å². The minimum atomic E-state index is -0.746. The quantitative estimate of drug-likeness (QED) is 0.837. The van der Waals surface area contributed by atoms with Crippen LogP contribution in [-0.2, 0) is 4.79 Å². The first-order valence-electron chi connectivity index (χ1n) is 5.88. The Balaban J connectivity index is 2.41. The van der Waals surface area contributed by atoms with Crippen molar-refractivity contribution in [1.29, 1.82) is 0 Å². The molecule has 1 aromatic carbocycles. The maximum atomic E-state index is 11.6. The van der Waals surface area contributed by atoms with Gasteiger partial charge >= 0.3 is 0 Å². The zero-order chi connectivity index (χ0) is 15.6. The number of anilines is 1. The van der Waals surface area contributed by atoms with Gasteiger partial charge in [-0.05, 0) is 19.1 Å². The molecule has 5 nitrogen and oxygen atoms in total. The van der Waals surface area contributed by atoms with Crippen molar-refractivity contribution in [2.75, 3.05) is 5.32 Å². The molecule has 1 amide bonds. The van der Waals surface area contributed by atoms with Crippen LogP contribution in [0.2, 0.25) is 10.0 Å². The zero-order valence-electron chi connectivity index (χ0n) is 10.8. The van der Waals surface area contributed by atoms with Gasteiger partial charge in [0, 0.05) is 11.6 Å². The van der Waals surface area contributed by atoms with E-state index in [1.165, 1.54) is 13.0 Å². The summed E-state index contributed by atoms with van der Waals surface area (Å²) in [6, 6.07) is 6.15. The van der Waals surface area contributed by atoms with Crippen LogP contribution in [0.4, 0.5) is 5.95 Å². The second-order valence-corrected chi connectivity index (χ2v) is 5.68. The van der Waals surface area contributed by atoms with Gasteiger partial charge in [0.1, 0.15) is 5.38 Å². The predicted molar refractivity (Wildman–Crippen MR) is 84.3 cm³/mol. The second kappa shape index (κ2) is 6.47. The number of nitrogens with zero attached hydrogens (tertiary/aromatic N) is 1. The first kappa shape index (κ1) is 15.8. The molecular formula is C13H10Cl3N3O2. The molecule has 1 unspecified atom stereocenters. The fourth-order valence-corrected chi connectivity index (χ4v) is 1.89. The molecule has 0 radical (unpaired) electrons. The molecule has 2 aromatic rings. The van der Waals surface area contributed by atoms with Crippen LogP contribution in [0, 0.1) is 0 Å². The third-order valence-electron chi connectivity index (χ3n) is 2.56. The Bertz CT molecular complexity index is 744. The number of aromatic nitrogens is 2. The highest BCUT2D eigenvalue weighted by molar-refractivity contribution is 6.42. The van der Waals surface area contributed by atoms with Crippen molar-refractivity contribution in [2.24, 2.45) is 0 Å². The van der Waals surface area contributed by atoms with Gasteiger partial charge in [0.2, 0.25) is 11.9 Å². The number of carbonyl (C=O) groups is 1. The summed E-state index contributed by atoms with van der Waals surface area (Å²) < 4.78 is 0. The predicted octanol–water partition coefficient (Wildman–Crippen LogP) is 3.31. The summed E-state index contributed by atoms with van der Waals surface area (Å²) in [6.07, 6.45) is 0. The Labute approximate surface area is 135 Å². The topological polar surface area (TPSA) is 74.8 Å². The first-order chi connectivity index (χ1) is 9.86. The highest BCUT2D eigenvalue weighted by atomic mass is 35.5. The number of halogens is 3. The summed E-state index contributed by atoms with van der Waals surface area (Å²) >= 11 is 17.4. The van der Waals surface area contributed by atoms with Crippen LogP contribution in [0.1, 0.15) is 6.92 Å². The molecule has 0 spiro atoms. The molecular weight excluding hydrogens is 337 g/mol. The maximum Gasteiger partial charge on any atom is 0.252 e. The molecule has 0 aliphatic rings. The van der Waals surface area contributed by atoms with E-state index >= 15 is 0 Å². The number of hydrogen-bond acceptors (Lipinski definition) is 3. The number of carbonyl (C=O) groups excluding carboxylic acids is 1. The molecule has 2 rings (SSSR count). The number of alkyl halides is 1. The lowest BCUT2D eigenvalue weighted by molar-refractivity contribution is -0.115. The molecule has 2 N–H and O–H groups in total. The standard InChI is InChI=1S/C13H10Cl3N3O2/c1-6(14)12(21)19-13-17-10(5-11(20)18-13)7-2-3-8(15)9(16)4-7/h2-6H,1H3,(H2,17,18,19,20,21). The lowest BCUT2D eigenvalue weighted by Crippen LogP contribution is -2.23. The summed E-state index contributed by atoms with van der Waals surface area (Å²) in [5.74, 6) is -0.452. The van der Waals surface area contributed by atoms with E-state index in [4.69, 9.17) is 34.8 Å². The lowest BCUT2D eigenvalue weighted by Gasteiger charge is -2.07. The van der Waals surface area contributed by atoms with Crippen LogP contribution in [-0.4, -0.2) is 21.3 Å². The fourth-order valence-electron chi connectivity index (χ4n) is 1.54. The molecule has 0 fully saturated rings. The summed E-state index contributed by atoms with van der Waals surface area (Å²) in [7, 11) is 0. The molecule has 0 bridgehead atoms. The molecule has 0 aliphatic carbocycles. The van der Waals surface area contributed by atoms with Crippen molar-refractivity contribution in [2.45, 2.75) is 12.3 Å². The first-order valence-corrected chi connectivity index (χ1v) is 7.08. The summed E-state index contributed by atoms with van der Waals surface area (Å²) in [5, 5.41) is 2.42. The molecule has 110 valence electrons. The molecule has 8 heteroatoms. The van der Waals surface area contributed by atoms with E-state index in [0.717, 1.165) is 0 Å². The van der Waals surface area contributed by atoms with Crippen LogP contribution in [0.15, 0.2) is 29.1 Å². The smallest absolute Gasteiger partial charge is 0.252 e. The van der Waals surface area contributed by atoms with E-state index in [1.807, 2.05) is 0 Å². The fraction of sp³-hybridized carbons (Fsp3) is 0.154. The van der Waals surface area contributed by atoms with Gasteiger partial charge in [-0.1, -0.05) is 29.3 Å². The van der Waals surface area contributed by atoms with Gasteiger partial charge in [-0.25, -0.2) is 4.98 Å². The number of H-pyrrole nitrogens is 1. The van der Waals surface area contributed by atoms with Gasteiger partial charge in [0.05, 0.1) is 15.7 Å². The maximum absolute atomic E-state index is 11.6. The number of aromatic amines is 1. The van der Waals surface area contributed by atoms with Crippen molar-refractivity contribution in [1.82, 2.24) is 9.97 Å². The molecule has 0 aliphatic heterocycles. The Kier molecular flexibility index (Phi) is 4.88. The van der Waals surface area contributed by atoms with E-state index < -0.39 is 16.8 Å². The van der Waals surface area contributed by atoms with Gasteiger partial charge in [-0.3, -0.25) is 19.9 Å². The van der Waals surface area contributed by atoms with Crippen LogP contribution in [0.5, 0.6) is 0 Å². The molecule has 0 saturated carbocycles. The molecule has 1 heterocycles. The highest BCUT2D eigenvalue weighted by Crippen LogP contribution is 2.27. The molecule has 0 saturated heterocycles. The van der Waals surface area contributed by atoms with Crippen molar-refractivity contribution >= 4 is 46.7 Å². The van der Waals surface area contributed by atoms with Gasteiger partial charge in [-0.15, -0.1) is 11.6 Å². The SMILES string of the molecule is CC(Cl)C(=O)Nc1nc(-c2ccc(Cl)c(Cl)c2)cc(=O)[nH]1. The largest absolute Gasteiger partial charge is 0.295 e. The van der Waals surface area contributed by atoms with E-state index in [1.54, 1.807) is 18.2 Å². The third kappa shape index (κ3) is 3.97. The van der Waals surface area contributed by atoms with E-state index in [2.05, 4.69) is 15.3 Å². The van der Waals surface area contributed by atoms with Gasteiger partial charge in [-0.2, -0.15) is 0 Å². The van der Waals surface area contributed by atoms with Crippen molar-refractivity contribution in [3.05, 3.63) is 44.7 Å². The van der Waals surface area contributed by atoms with E-state index in [9.17, 15) is 9.59 Å². The third-order valence-corrected chi connectivity index (χ3v) is 3.50. The van der Waals surface area contributed by atoms with Crippen molar-refractivity contribution in [3.8, 4) is 11.3 Å². The van der Waals surface area contributed by atoms with Crippen molar-refractivity contribution in [3.63, 3.8) is 0 Å². The number of benzene rings is 1. The Hall–Kier alpha value is -1.56. The summed E-state index contributed by atoms with van der Waals surface area (Å²) in [5.41, 5.74) is 0.545. The Morgan fingerprint density at radius 3 is 2.62 bits per heavy atom. The number of rotatable bonds is 3. The monoisotopic (exact) mass is 345 g/mol. The van der Waals surface area contributed by atoms with E-state index in [0.29, 0.717) is 21.3 Å². The van der Waals surface area contributed by atoms with Crippen LogP contribution in [0.3, 0.4) is 0 Å². The average Bonchev–Trinajstić information content (AvgIpc) is 2.41. The van der Waals surface area contributed by atoms with Crippen LogP contribution < -0.4 is 10.9 Å².